The molecule has 1 aromatic carbocycles. The van der Waals surface area contributed by atoms with E-state index in [9.17, 15) is 0 Å². The Bertz CT molecular complexity index is 432. The highest BCUT2D eigenvalue weighted by molar-refractivity contribution is 6.30. The Hall–Kier alpha value is -1.19. The van der Waals surface area contributed by atoms with Gasteiger partial charge in [-0.05, 0) is 24.6 Å². The van der Waals surface area contributed by atoms with Crippen LogP contribution in [0, 0.1) is 0 Å². The summed E-state index contributed by atoms with van der Waals surface area (Å²) in [4.78, 5) is 0. The van der Waals surface area contributed by atoms with Crippen LogP contribution in [-0.4, -0.2) is 20.3 Å². The summed E-state index contributed by atoms with van der Waals surface area (Å²) in [7, 11) is 1.62. The van der Waals surface area contributed by atoms with Crippen molar-refractivity contribution < 1.29 is 9.47 Å². The van der Waals surface area contributed by atoms with Crippen molar-refractivity contribution in [3.8, 4) is 11.5 Å². The van der Waals surface area contributed by atoms with E-state index in [1.165, 1.54) is 0 Å². The molecule has 0 atom stereocenters. The Kier molecular flexibility index (Phi) is 6.74. The number of benzene rings is 1. The molecule has 0 amide bonds. The first kappa shape index (κ1) is 15.9. The first-order chi connectivity index (χ1) is 9.12. The number of ether oxygens (including phenoxy) is 2. The number of methoxy groups -OCH3 is 1. The van der Waals surface area contributed by atoms with Crippen LogP contribution in [0.4, 0.5) is 0 Å². The minimum absolute atomic E-state index is 0.494. The van der Waals surface area contributed by atoms with Gasteiger partial charge in [-0.2, -0.15) is 0 Å². The van der Waals surface area contributed by atoms with Crippen LogP contribution in [0.15, 0.2) is 24.3 Å². The third-order valence-corrected chi connectivity index (χ3v) is 3.02. The highest BCUT2D eigenvalue weighted by Gasteiger charge is 2.13. The Balaban J connectivity index is 2.98. The topological polar surface area (TPSA) is 30.5 Å². The molecule has 0 aliphatic rings. The molecule has 4 heteroatoms. The van der Waals surface area contributed by atoms with Crippen molar-refractivity contribution in [1.82, 2.24) is 5.32 Å². The van der Waals surface area contributed by atoms with Gasteiger partial charge in [-0.1, -0.05) is 32.0 Å². The maximum absolute atomic E-state index is 6.09. The van der Waals surface area contributed by atoms with Crippen molar-refractivity contribution in [3.63, 3.8) is 0 Å². The molecule has 1 rings (SSSR count). The molecule has 0 aliphatic heterocycles. The average Bonchev–Trinajstić information content (AvgIpc) is 2.42. The molecule has 0 heterocycles. The summed E-state index contributed by atoms with van der Waals surface area (Å²) in [5.41, 5.74) is 2.04. The molecule has 1 N–H and O–H groups in total. The second kappa shape index (κ2) is 8.08. The Morgan fingerprint density at radius 1 is 1.37 bits per heavy atom. The van der Waals surface area contributed by atoms with Gasteiger partial charge in [0.25, 0.3) is 0 Å². The summed E-state index contributed by atoms with van der Waals surface area (Å²) in [5.74, 6) is 1.40. The summed E-state index contributed by atoms with van der Waals surface area (Å²) in [5, 5.41) is 3.91. The molecule has 19 heavy (non-hydrogen) atoms. The van der Waals surface area contributed by atoms with Crippen LogP contribution < -0.4 is 14.8 Å². The average molecular weight is 284 g/mol. The number of halogens is 1. The number of hydrogen-bond donors (Lipinski definition) is 1. The molecule has 0 bridgehead atoms. The van der Waals surface area contributed by atoms with Crippen molar-refractivity contribution in [1.29, 1.82) is 0 Å². The van der Waals surface area contributed by atoms with E-state index in [4.69, 9.17) is 21.1 Å². The van der Waals surface area contributed by atoms with Crippen LogP contribution in [0.25, 0.3) is 0 Å². The molecule has 1 aromatic rings. The molecule has 0 aliphatic carbocycles. The fourth-order valence-corrected chi connectivity index (χ4v) is 1.84. The van der Waals surface area contributed by atoms with Gasteiger partial charge in [-0.25, -0.2) is 0 Å². The molecular formula is C15H22ClNO2. The van der Waals surface area contributed by atoms with E-state index in [2.05, 4.69) is 25.7 Å². The normalized spacial score (nSPS) is 10.3. The molecule has 0 spiro atoms. The molecular weight excluding hydrogens is 262 g/mol. The van der Waals surface area contributed by atoms with Crippen LogP contribution in [-0.2, 0) is 6.54 Å². The van der Waals surface area contributed by atoms with E-state index >= 15 is 0 Å². The van der Waals surface area contributed by atoms with Gasteiger partial charge >= 0.3 is 0 Å². The lowest BCUT2D eigenvalue weighted by molar-refractivity contribution is 0.313. The fourth-order valence-electron chi connectivity index (χ4n) is 1.61. The minimum Gasteiger partial charge on any atom is -0.493 e. The van der Waals surface area contributed by atoms with Gasteiger partial charge in [0.05, 0.1) is 7.11 Å². The maximum atomic E-state index is 6.09. The predicted octanol–water partition coefficient (Wildman–Crippen LogP) is 3.80. The van der Waals surface area contributed by atoms with Crippen LogP contribution >= 0.6 is 11.6 Å². The number of rotatable bonds is 8. The smallest absolute Gasteiger partial charge is 0.166 e. The van der Waals surface area contributed by atoms with E-state index in [1.807, 2.05) is 6.07 Å². The monoisotopic (exact) mass is 283 g/mol. The first-order valence-electron chi connectivity index (χ1n) is 6.48. The van der Waals surface area contributed by atoms with Gasteiger partial charge in [0.2, 0.25) is 0 Å². The summed E-state index contributed by atoms with van der Waals surface area (Å²) in [6, 6.07) is 3.66. The summed E-state index contributed by atoms with van der Waals surface area (Å²) in [6.07, 6.45) is 0.901. The maximum Gasteiger partial charge on any atom is 0.166 e. The van der Waals surface area contributed by atoms with Gasteiger partial charge in [0.1, 0.15) is 6.61 Å². The van der Waals surface area contributed by atoms with Crippen molar-refractivity contribution >= 4 is 11.6 Å². The summed E-state index contributed by atoms with van der Waals surface area (Å²) >= 11 is 6.09. The van der Waals surface area contributed by atoms with E-state index in [1.54, 1.807) is 13.2 Å². The van der Waals surface area contributed by atoms with Crippen molar-refractivity contribution in [2.24, 2.45) is 0 Å². The third-order valence-electron chi connectivity index (χ3n) is 2.80. The van der Waals surface area contributed by atoms with Crippen LogP contribution in [0.1, 0.15) is 25.8 Å². The zero-order chi connectivity index (χ0) is 14.3. The highest BCUT2D eigenvalue weighted by Crippen LogP contribution is 2.35. The van der Waals surface area contributed by atoms with Gasteiger partial charge in [0, 0.05) is 23.2 Å². The standard InChI is InChI=1S/C15H22ClNO2/c1-5-11(3)10-19-15-12(9-17-6-2)7-13(16)8-14(15)18-4/h7-8,17H,3,5-6,9-10H2,1-2,4H3. The molecule has 0 fully saturated rings. The minimum atomic E-state index is 0.494. The largest absolute Gasteiger partial charge is 0.493 e. The van der Waals surface area contributed by atoms with E-state index < -0.39 is 0 Å². The predicted molar refractivity (Wildman–Crippen MR) is 80.3 cm³/mol. The second-order valence-corrected chi connectivity index (χ2v) is 4.71. The third kappa shape index (κ3) is 4.77. The van der Waals surface area contributed by atoms with Gasteiger partial charge < -0.3 is 14.8 Å². The van der Waals surface area contributed by atoms with Crippen LogP contribution in [0.3, 0.4) is 0 Å². The number of hydrogen-bond acceptors (Lipinski definition) is 3. The number of nitrogens with one attached hydrogen (secondary N) is 1. The first-order valence-corrected chi connectivity index (χ1v) is 6.86. The van der Waals surface area contributed by atoms with Crippen molar-refractivity contribution in [2.75, 3.05) is 20.3 Å². The molecule has 0 saturated heterocycles. The zero-order valence-electron chi connectivity index (χ0n) is 11.9. The Morgan fingerprint density at radius 2 is 2.11 bits per heavy atom. The Labute approximate surface area is 120 Å². The highest BCUT2D eigenvalue weighted by atomic mass is 35.5. The van der Waals surface area contributed by atoms with E-state index in [0.29, 0.717) is 23.9 Å². The molecule has 3 nitrogen and oxygen atoms in total. The van der Waals surface area contributed by atoms with Crippen molar-refractivity contribution in [2.45, 2.75) is 26.8 Å². The van der Waals surface area contributed by atoms with E-state index in [-0.39, 0.29) is 0 Å². The lowest BCUT2D eigenvalue weighted by Crippen LogP contribution is -2.14. The summed E-state index contributed by atoms with van der Waals surface area (Å²) < 4.78 is 11.2. The van der Waals surface area contributed by atoms with Gasteiger partial charge in [-0.3, -0.25) is 0 Å². The lowest BCUT2D eigenvalue weighted by Gasteiger charge is -2.16. The van der Waals surface area contributed by atoms with Crippen molar-refractivity contribution in [3.05, 3.63) is 34.9 Å². The van der Waals surface area contributed by atoms with Crippen LogP contribution in [0.5, 0.6) is 11.5 Å². The van der Waals surface area contributed by atoms with Gasteiger partial charge in [0.15, 0.2) is 11.5 Å². The second-order valence-electron chi connectivity index (χ2n) is 4.27. The molecule has 0 aromatic heterocycles. The molecule has 0 radical (unpaired) electrons. The van der Waals surface area contributed by atoms with Gasteiger partial charge in [-0.15, -0.1) is 0 Å². The zero-order valence-corrected chi connectivity index (χ0v) is 12.6. The fraction of sp³-hybridized carbons (Fsp3) is 0.467. The molecule has 0 saturated carbocycles. The quantitative estimate of drug-likeness (QED) is 0.736. The summed E-state index contributed by atoms with van der Waals surface area (Å²) in [6.45, 7) is 10.1. The lowest BCUT2D eigenvalue weighted by atomic mass is 10.1. The SMILES string of the molecule is C=C(CC)COc1c(CNCC)cc(Cl)cc1OC. The molecule has 0 unspecified atom stereocenters. The van der Waals surface area contributed by atoms with E-state index in [0.717, 1.165) is 29.9 Å². The molecule has 106 valence electrons. The Morgan fingerprint density at radius 3 is 2.68 bits per heavy atom. The van der Waals surface area contributed by atoms with Crippen LogP contribution in [0.2, 0.25) is 5.02 Å².